The number of nitrogens with one attached hydrogen (secondary N) is 1. The lowest BCUT2D eigenvalue weighted by atomic mass is 10.1. The number of allylic oxidation sites excluding steroid dienone is 1. The molecule has 1 amide bonds. The number of hydrogen-bond acceptors (Lipinski definition) is 4. The second-order valence-corrected chi connectivity index (χ2v) is 6.48. The zero-order valence-corrected chi connectivity index (χ0v) is 14.7. The van der Waals surface area contributed by atoms with Crippen LogP contribution in [0.5, 0.6) is 5.75 Å². The third-order valence-electron chi connectivity index (χ3n) is 3.99. The first-order chi connectivity index (χ1) is 12.6. The minimum absolute atomic E-state index is 0.0530. The minimum Gasteiger partial charge on any atom is -0.510 e. The monoisotopic (exact) mass is 368 g/mol. The molecule has 0 aromatic heterocycles. The van der Waals surface area contributed by atoms with Crippen molar-refractivity contribution in [1.82, 2.24) is 0 Å². The highest BCUT2D eigenvalue weighted by Crippen LogP contribution is 2.36. The van der Waals surface area contributed by atoms with Crippen molar-refractivity contribution in [2.45, 2.75) is 19.4 Å². The fraction of sp³-hybridized carbons (Fsp3) is 0.200. The van der Waals surface area contributed by atoms with E-state index in [1.54, 1.807) is 42.5 Å². The largest absolute Gasteiger partial charge is 0.510 e. The standard InChI is InChI=1S/C20H17ClN2O3/c21-15-5-9-17(10-6-15)26-12-13-1-7-16(8-2-13)23-20(25)18(11-22)19(24)14-3-4-14/h1-2,5-10,14,24H,3-4,12H2,(H,23,25)/b19-18-. The van der Waals surface area contributed by atoms with Crippen molar-refractivity contribution in [2.24, 2.45) is 5.92 Å². The molecule has 0 spiro atoms. The molecule has 2 aromatic rings. The van der Waals surface area contributed by atoms with Crippen LogP contribution in [0.1, 0.15) is 18.4 Å². The van der Waals surface area contributed by atoms with Crippen LogP contribution in [0.25, 0.3) is 0 Å². The second-order valence-electron chi connectivity index (χ2n) is 6.04. The Morgan fingerprint density at radius 2 is 1.85 bits per heavy atom. The van der Waals surface area contributed by atoms with Crippen molar-refractivity contribution in [3.63, 3.8) is 0 Å². The Hall–Kier alpha value is -2.97. The lowest BCUT2D eigenvalue weighted by Gasteiger charge is -2.09. The van der Waals surface area contributed by atoms with Crippen molar-refractivity contribution in [3.8, 4) is 11.8 Å². The number of anilines is 1. The predicted molar refractivity (Wildman–Crippen MR) is 98.8 cm³/mol. The van der Waals surface area contributed by atoms with E-state index < -0.39 is 5.91 Å². The van der Waals surface area contributed by atoms with Crippen LogP contribution >= 0.6 is 11.6 Å². The molecule has 0 heterocycles. The highest BCUT2D eigenvalue weighted by Gasteiger charge is 2.30. The summed E-state index contributed by atoms with van der Waals surface area (Å²) >= 11 is 5.83. The summed E-state index contributed by atoms with van der Waals surface area (Å²) in [5.41, 5.74) is 1.25. The second kappa shape index (κ2) is 7.94. The lowest BCUT2D eigenvalue weighted by Crippen LogP contribution is -2.16. The van der Waals surface area contributed by atoms with Crippen molar-refractivity contribution in [3.05, 3.63) is 70.4 Å². The summed E-state index contributed by atoms with van der Waals surface area (Å²) < 4.78 is 5.66. The molecule has 0 aliphatic heterocycles. The minimum atomic E-state index is -0.595. The number of carbonyl (C=O) groups excluding carboxylic acids is 1. The molecule has 6 heteroatoms. The van der Waals surface area contributed by atoms with Gasteiger partial charge in [0.15, 0.2) is 5.57 Å². The Morgan fingerprint density at radius 1 is 1.19 bits per heavy atom. The van der Waals surface area contributed by atoms with Gasteiger partial charge in [0.2, 0.25) is 0 Å². The Kier molecular flexibility index (Phi) is 5.45. The van der Waals surface area contributed by atoms with Gasteiger partial charge < -0.3 is 15.2 Å². The van der Waals surface area contributed by atoms with Crippen molar-refractivity contribution in [2.75, 3.05) is 5.32 Å². The van der Waals surface area contributed by atoms with Crippen LogP contribution in [0.4, 0.5) is 5.69 Å². The number of aliphatic hydroxyl groups excluding tert-OH is 1. The predicted octanol–water partition coefficient (Wildman–Crippen LogP) is 4.60. The number of nitriles is 1. The zero-order valence-electron chi connectivity index (χ0n) is 13.9. The third-order valence-corrected chi connectivity index (χ3v) is 4.24. The zero-order chi connectivity index (χ0) is 18.5. The average molecular weight is 369 g/mol. The molecular weight excluding hydrogens is 352 g/mol. The number of rotatable bonds is 6. The first-order valence-electron chi connectivity index (χ1n) is 8.18. The molecule has 0 bridgehead atoms. The molecule has 0 radical (unpaired) electrons. The number of carbonyl (C=O) groups is 1. The average Bonchev–Trinajstić information content (AvgIpc) is 3.48. The van der Waals surface area contributed by atoms with Gasteiger partial charge in [-0.1, -0.05) is 23.7 Å². The smallest absolute Gasteiger partial charge is 0.269 e. The van der Waals surface area contributed by atoms with Gasteiger partial charge in [-0.05, 0) is 54.8 Å². The van der Waals surface area contributed by atoms with Crippen LogP contribution in [0.3, 0.4) is 0 Å². The molecule has 5 nitrogen and oxygen atoms in total. The molecule has 3 rings (SSSR count). The van der Waals surface area contributed by atoms with Crippen LogP contribution in [0, 0.1) is 17.2 Å². The van der Waals surface area contributed by atoms with E-state index in [2.05, 4.69) is 5.32 Å². The normalized spacial score (nSPS) is 14.2. The van der Waals surface area contributed by atoms with E-state index in [9.17, 15) is 9.90 Å². The van der Waals surface area contributed by atoms with Crippen LogP contribution in [0.2, 0.25) is 5.02 Å². The molecule has 26 heavy (non-hydrogen) atoms. The van der Waals surface area contributed by atoms with E-state index in [4.69, 9.17) is 21.6 Å². The summed E-state index contributed by atoms with van der Waals surface area (Å²) in [5, 5.41) is 22.3. The molecule has 0 unspecified atom stereocenters. The van der Waals surface area contributed by atoms with E-state index in [0.29, 0.717) is 23.1 Å². The summed E-state index contributed by atoms with van der Waals surface area (Å²) in [6.45, 7) is 0.377. The highest BCUT2D eigenvalue weighted by molar-refractivity contribution is 6.30. The van der Waals surface area contributed by atoms with Gasteiger partial charge in [0.1, 0.15) is 24.2 Å². The highest BCUT2D eigenvalue weighted by atomic mass is 35.5. The number of aliphatic hydroxyl groups is 1. The van der Waals surface area contributed by atoms with Crippen LogP contribution in [-0.2, 0) is 11.4 Å². The van der Waals surface area contributed by atoms with Gasteiger partial charge in [0, 0.05) is 16.6 Å². The van der Waals surface area contributed by atoms with Gasteiger partial charge in [0.05, 0.1) is 0 Å². The van der Waals surface area contributed by atoms with Gasteiger partial charge in [-0.25, -0.2) is 0 Å². The fourth-order valence-electron chi connectivity index (χ4n) is 2.36. The van der Waals surface area contributed by atoms with Crippen LogP contribution in [-0.4, -0.2) is 11.0 Å². The molecule has 1 fully saturated rings. The van der Waals surface area contributed by atoms with E-state index in [1.807, 2.05) is 12.1 Å². The Labute approximate surface area is 156 Å². The Morgan fingerprint density at radius 3 is 2.42 bits per heavy atom. The molecule has 0 saturated heterocycles. The Bertz CT molecular complexity index is 863. The van der Waals surface area contributed by atoms with E-state index >= 15 is 0 Å². The summed E-state index contributed by atoms with van der Waals surface area (Å²) in [5.74, 6) is -0.0472. The number of halogens is 1. The van der Waals surface area contributed by atoms with Crippen molar-refractivity contribution < 1.29 is 14.6 Å². The van der Waals surface area contributed by atoms with Crippen molar-refractivity contribution in [1.29, 1.82) is 5.26 Å². The van der Waals surface area contributed by atoms with Gasteiger partial charge >= 0.3 is 0 Å². The van der Waals surface area contributed by atoms with Gasteiger partial charge in [-0.2, -0.15) is 5.26 Å². The first kappa shape index (κ1) is 17.8. The molecule has 0 atom stereocenters. The summed E-state index contributed by atoms with van der Waals surface area (Å²) in [6.07, 6.45) is 1.62. The van der Waals surface area contributed by atoms with E-state index in [-0.39, 0.29) is 17.3 Å². The number of benzene rings is 2. The molecule has 1 saturated carbocycles. The van der Waals surface area contributed by atoms with Gasteiger partial charge in [-0.3, -0.25) is 4.79 Å². The fourth-order valence-corrected chi connectivity index (χ4v) is 2.49. The third kappa shape index (κ3) is 4.56. The van der Waals surface area contributed by atoms with Gasteiger partial charge in [0.25, 0.3) is 5.91 Å². The van der Waals surface area contributed by atoms with Crippen molar-refractivity contribution >= 4 is 23.2 Å². The molecule has 132 valence electrons. The Balaban J connectivity index is 1.59. The van der Waals surface area contributed by atoms with E-state index in [0.717, 1.165) is 18.4 Å². The van der Waals surface area contributed by atoms with Crippen LogP contribution < -0.4 is 10.1 Å². The number of nitrogens with zero attached hydrogens (tertiary/aromatic N) is 1. The first-order valence-corrected chi connectivity index (χ1v) is 8.56. The quantitative estimate of drug-likeness (QED) is 0.443. The maximum Gasteiger partial charge on any atom is 0.269 e. The molecule has 1 aliphatic rings. The molecular formula is C20H17ClN2O3. The summed E-state index contributed by atoms with van der Waals surface area (Å²) in [7, 11) is 0. The summed E-state index contributed by atoms with van der Waals surface area (Å²) in [6, 6.07) is 16.0. The molecule has 2 N–H and O–H groups in total. The number of hydrogen-bond donors (Lipinski definition) is 2. The maximum atomic E-state index is 12.2. The van der Waals surface area contributed by atoms with Gasteiger partial charge in [-0.15, -0.1) is 0 Å². The lowest BCUT2D eigenvalue weighted by molar-refractivity contribution is -0.112. The maximum absolute atomic E-state index is 12.2. The number of amides is 1. The van der Waals surface area contributed by atoms with E-state index in [1.165, 1.54) is 0 Å². The SMILES string of the molecule is N#C/C(C(=O)Nc1ccc(COc2ccc(Cl)cc2)cc1)=C(/O)C1CC1. The topological polar surface area (TPSA) is 82.4 Å². The molecule has 2 aromatic carbocycles. The van der Waals surface area contributed by atoms with Crippen LogP contribution in [0.15, 0.2) is 59.9 Å². The summed E-state index contributed by atoms with van der Waals surface area (Å²) in [4.78, 5) is 12.2. The molecule has 1 aliphatic carbocycles. The number of ether oxygens (including phenoxy) is 1.